The molecule has 0 aromatic heterocycles. The minimum Gasteiger partial charge on any atom is -0.481 e. The van der Waals surface area contributed by atoms with Crippen molar-refractivity contribution in [2.75, 3.05) is 27.3 Å². The Kier molecular flexibility index (Phi) is 2.73. The van der Waals surface area contributed by atoms with Crippen LogP contribution in [0.5, 0.6) is 0 Å². The van der Waals surface area contributed by atoms with E-state index < -0.39 is 11.4 Å². The van der Waals surface area contributed by atoms with Gasteiger partial charge < -0.3 is 14.7 Å². The lowest BCUT2D eigenvalue weighted by molar-refractivity contribution is -0.200. The zero-order chi connectivity index (χ0) is 11.1. The summed E-state index contributed by atoms with van der Waals surface area (Å²) in [6.45, 7) is 0.753. The summed E-state index contributed by atoms with van der Waals surface area (Å²) in [6, 6.07) is 0.137. The van der Waals surface area contributed by atoms with E-state index in [1.807, 2.05) is 14.1 Å². The van der Waals surface area contributed by atoms with Crippen LogP contribution in [0.2, 0.25) is 0 Å². The van der Waals surface area contributed by atoms with E-state index in [-0.39, 0.29) is 6.04 Å². The Morgan fingerprint density at radius 3 is 2.27 bits per heavy atom. The molecular weight excluding hydrogens is 194 g/mol. The van der Waals surface area contributed by atoms with Crippen LogP contribution in [0.3, 0.4) is 0 Å². The quantitative estimate of drug-likeness (QED) is 0.751. The lowest BCUT2D eigenvalue weighted by Gasteiger charge is -2.51. The third-order valence-electron chi connectivity index (χ3n) is 3.86. The fourth-order valence-corrected chi connectivity index (χ4v) is 2.87. The minimum absolute atomic E-state index is 0.137. The van der Waals surface area contributed by atoms with Crippen molar-refractivity contribution in [1.29, 1.82) is 0 Å². The van der Waals surface area contributed by atoms with E-state index in [1.165, 1.54) is 6.42 Å². The summed E-state index contributed by atoms with van der Waals surface area (Å²) < 4.78 is 5.14. The third kappa shape index (κ3) is 1.56. The SMILES string of the molecule is CN(C)C(C1CCC1)C1(C(=O)O)COC1. The van der Waals surface area contributed by atoms with Crippen LogP contribution in [-0.4, -0.2) is 49.3 Å². The van der Waals surface area contributed by atoms with Gasteiger partial charge in [0, 0.05) is 6.04 Å². The van der Waals surface area contributed by atoms with Crippen molar-refractivity contribution in [3.8, 4) is 0 Å². The smallest absolute Gasteiger partial charge is 0.315 e. The molecule has 4 heteroatoms. The molecule has 86 valence electrons. The fraction of sp³-hybridized carbons (Fsp3) is 0.909. The van der Waals surface area contributed by atoms with Gasteiger partial charge in [0.15, 0.2) is 0 Å². The van der Waals surface area contributed by atoms with Crippen molar-refractivity contribution < 1.29 is 14.6 Å². The lowest BCUT2D eigenvalue weighted by atomic mass is 9.66. The van der Waals surface area contributed by atoms with Crippen LogP contribution in [0.4, 0.5) is 0 Å². The zero-order valence-electron chi connectivity index (χ0n) is 9.40. The van der Waals surface area contributed by atoms with Crippen molar-refractivity contribution in [3.05, 3.63) is 0 Å². The van der Waals surface area contributed by atoms with Gasteiger partial charge in [-0.3, -0.25) is 4.79 Å². The molecule has 0 bridgehead atoms. The molecular formula is C11H19NO3. The molecule has 1 aliphatic heterocycles. The van der Waals surface area contributed by atoms with Gasteiger partial charge in [0.05, 0.1) is 13.2 Å². The molecule has 0 radical (unpaired) electrons. The van der Waals surface area contributed by atoms with E-state index in [4.69, 9.17) is 4.74 Å². The van der Waals surface area contributed by atoms with Gasteiger partial charge >= 0.3 is 5.97 Å². The van der Waals surface area contributed by atoms with E-state index in [9.17, 15) is 9.90 Å². The number of ether oxygens (including phenoxy) is 1. The number of carboxylic acids is 1. The zero-order valence-corrected chi connectivity index (χ0v) is 9.40. The van der Waals surface area contributed by atoms with Gasteiger partial charge in [-0.15, -0.1) is 0 Å². The first-order valence-electron chi connectivity index (χ1n) is 5.55. The van der Waals surface area contributed by atoms with Gasteiger partial charge in [-0.25, -0.2) is 0 Å². The van der Waals surface area contributed by atoms with Gasteiger partial charge in [0.25, 0.3) is 0 Å². The molecule has 1 aliphatic carbocycles. The van der Waals surface area contributed by atoms with E-state index >= 15 is 0 Å². The number of hydrogen-bond acceptors (Lipinski definition) is 3. The molecule has 0 amide bonds. The van der Waals surface area contributed by atoms with Crippen LogP contribution in [0.15, 0.2) is 0 Å². The lowest BCUT2D eigenvalue weighted by Crippen LogP contribution is -2.64. The number of aliphatic carboxylic acids is 1. The normalized spacial score (nSPS) is 26.9. The first-order chi connectivity index (χ1) is 7.08. The number of carboxylic acid groups (broad SMARTS) is 1. The van der Waals surface area contributed by atoms with Gasteiger partial charge in [0.1, 0.15) is 5.41 Å². The van der Waals surface area contributed by atoms with Crippen LogP contribution in [0.25, 0.3) is 0 Å². The molecule has 1 unspecified atom stereocenters. The van der Waals surface area contributed by atoms with Crippen LogP contribution in [0.1, 0.15) is 19.3 Å². The summed E-state index contributed by atoms with van der Waals surface area (Å²) >= 11 is 0. The Morgan fingerprint density at radius 2 is 2.07 bits per heavy atom. The molecule has 0 aromatic rings. The van der Waals surface area contributed by atoms with E-state index in [2.05, 4.69) is 4.90 Å². The summed E-state index contributed by atoms with van der Waals surface area (Å²) in [4.78, 5) is 13.5. The molecule has 1 saturated carbocycles. The van der Waals surface area contributed by atoms with Crippen molar-refractivity contribution in [2.45, 2.75) is 25.3 Å². The molecule has 1 heterocycles. The molecule has 4 nitrogen and oxygen atoms in total. The molecule has 15 heavy (non-hydrogen) atoms. The van der Waals surface area contributed by atoms with Crippen LogP contribution >= 0.6 is 0 Å². The molecule has 2 fully saturated rings. The average molecular weight is 213 g/mol. The van der Waals surface area contributed by atoms with E-state index in [0.29, 0.717) is 19.1 Å². The van der Waals surface area contributed by atoms with Gasteiger partial charge in [0.2, 0.25) is 0 Å². The second-order valence-corrected chi connectivity index (χ2v) is 5.05. The fourth-order valence-electron chi connectivity index (χ4n) is 2.87. The topological polar surface area (TPSA) is 49.8 Å². The average Bonchev–Trinajstić information content (AvgIpc) is 1.95. The summed E-state index contributed by atoms with van der Waals surface area (Å²) in [5.41, 5.74) is -0.644. The first kappa shape index (κ1) is 10.9. The summed E-state index contributed by atoms with van der Waals surface area (Å²) in [6.07, 6.45) is 3.57. The second kappa shape index (κ2) is 3.76. The maximum atomic E-state index is 11.4. The standard InChI is InChI=1S/C11H19NO3/c1-12(2)9(8-4-3-5-8)11(10(13)14)6-15-7-11/h8-9H,3-7H2,1-2H3,(H,13,14). The Labute approximate surface area is 90.2 Å². The van der Waals surface area contributed by atoms with Crippen molar-refractivity contribution >= 4 is 5.97 Å². The monoisotopic (exact) mass is 213 g/mol. The Balaban J connectivity index is 2.18. The Morgan fingerprint density at radius 1 is 1.47 bits per heavy atom. The maximum absolute atomic E-state index is 11.4. The van der Waals surface area contributed by atoms with E-state index in [1.54, 1.807) is 0 Å². The summed E-state index contributed by atoms with van der Waals surface area (Å²) in [5.74, 6) is -0.153. The Bertz CT molecular complexity index is 257. The van der Waals surface area contributed by atoms with Gasteiger partial charge in [-0.1, -0.05) is 6.42 Å². The summed E-state index contributed by atoms with van der Waals surface area (Å²) in [5, 5.41) is 9.36. The maximum Gasteiger partial charge on any atom is 0.315 e. The summed E-state index contributed by atoms with van der Waals surface area (Å²) in [7, 11) is 3.96. The predicted octanol–water partition coefficient (Wildman–Crippen LogP) is 0.818. The highest BCUT2D eigenvalue weighted by molar-refractivity contribution is 5.77. The van der Waals surface area contributed by atoms with Crippen molar-refractivity contribution in [3.63, 3.8) is 0 Å². The molecule has 0 aromatic carbocycles. The van der Waals surface area contributed by atoms with Crippen LogP contribution in [0, 0.1) is 11.3 Å². The molecule has 1 atom stereocenters. The third-order valence-corrected chi connectivity index (χ3v) is 3.86. The van der Waals surface area contributed by atoms with Crippen molar-refractivity contribution in [1.82, 2.24) is 4.90 Å². The number of rotatable bonds is 4. The molecule has 1 N–H and O–H groups in total. The van der Waals surface area contributed by atoms with Crippen LogP contribution in [-0.2, 0) is 9.53 Å². The molecule has 2 rings (SSSR count). The predicted molar refractivity (Wildman–Crippen MR) is 55.7 cm³/mol. The van der Waals surface area contributed by atoms with Crippen LogP contribution < -0.4 is 0 Å². The highest BCUT2D eigenvalue weighted by Crippen LogP contribution is 2.44. The van der Waals surface area contributed by atoms with Gasteiger partial charge in [-0.2, -0.15) is 0 Å². The van der Waals surface area contributed by atoms with Crippen molar-refractivity contribution in [2.24, 2.45) is 11.3 Å². The molecule has 0 spiro atoms. The first-order valence-corrected chi connectivity index (χ1v) is 5.55. The van der Waals surface area contributed by atoms with E-state index in [0.717, 1.165) is 12.8 Å². The highest BCUT2D eigenvalue weighted by Gasteiger charge is 2.56. The highest BCUT2D eigenvalue weighted by atomic mass is 16.5. The Hall–Kier alpha value is -0.610. The number of nitrogens with zero attached hydrogens (tertiary/aromatic N) is 1. The van der Waals surface area contributed by atoms with Gasteiger partial charge in [-0.05, 0) is 32.9 Å². The number of hydrogen-bond donors (Lipinski definition) is 1. The second-order valence-electron chi connectivity index (χ2n) is 5.05. The molecule has 2 aliphatic rings. The molecule has 1 saturated heterocycles. The largest absolute Gasteiger partial charge is 0.481 e. The minimum atomic E-state index is -0.695. The number of carbonyl (C=O) groups is 1.